The molecular formula is C21H33ClN2O2. The monoisotopic (exact) mass is 380 g/mol. The summed E-state index contributed by atoms with van der Waals surface area (Å²) >= 11 is 0. The number of fused-ring (bicyclic) bond motifs is 1. The van der Waals surface area contributed by atoms with Gasteiger partial charge in [0.2, 0.25) is 0 Å². The molecule has 2 saturated heterocycles. The van der Waals surface area contributed by atoms with Gasteiger partial charge in [0.15, 0.2) is 6.10 Å². The van der Waals surface area contributed by atoms with Gasteiger partial charge in [-0.1, -0.05) is 39.0 Å². The van der Waals surface area contributed by atoms with Gasteiger partial charge in [0.25, 0.3) is 5.91 Å². The molecule has 5 heteroatoms. The molecule has 1 aromatic carbocycles. The van der Waals surface area contributed by atoms with E-state index in [1.807, 2.05) is 30.0 Å². The van der Waals surface area contributed by atoms with Gasteiger partial charge < -0.3 is 15.0 Å². The lowest BCUT2D eigenvalue weighted by Crippen LogP contribution is -2.42. The molecule has 2 heterocycles. The number of amides is 1. The van der Waals surface area contributed by atoms with Crippen LogP contribution in [0.2, 0.25) is 0 Å². The summed E-state index contributed by atoms with van der Waals surface area (Å²) in [5.41, 5.74) is 1.17. The SMILES string of the molecule is CCC(Oc1ccccc1C(C)C)C(=O)N1CC[C@@H]2CNC[C@@H]2CC1.Cl. The molecule has 0 bridgehead atoms. The first-order chi connectivity index (χ1) is 12.1. The highest BCUT2D eigenvalue weighted by Crippen LogP contribution is 2.29. The third-order valence-electron chi connectivity index (χ3n) is 5.79. The molecule has 4 nitrogen and oxygen atoms in total. The van der Waals surface area contributed by atoms with E-state index in [0.717, 1.165) is 56.6 Å². The van der Waals surface area contributed by atoms with Crippen LogP contribution in [-0.2, 0) is 4.79 Å². The van der Waals surface area contributed by atoms with Gasteiger partial charge in [-0.15, -0.1) is 12.4 Å². The molecular weight excluding hydrogens is 348 g/mol. The van der Waals surface area contributed by atoms with Crippen molar-refractivity contribution in [2.75, 3.05) is 26.2 Å². The molecule has 2 aliphatic heterocycles. The molecule has 0 saturated carbocycles. The van der Waals surface area contributed by atoms with E-state index in [4.69, 9.17) is 4.74 Å². The summed E-state index contributed by atoms with van der Waals surface area (Å²) in [5.74, 6) is 2.87. The Bertz CT molecular complexity index is 579. The Morgan fingerprint density at radius 2 is 1.81 bits per heavy atom. The van der Waals surface area contributed by atoms with Crippen molar-refractivity contribution in [1.82, 2.24) is 10.2 Å². The number of carbonyl (C=O) groups excluding carboxylic acids is 1. The molecule has 1 amide bonds. The van der Waals surface area contributed by atoms with Crippen LogP contribution in [0.5, 0.6) is 5.75 Å². The third kappa shape index (κ3) is 4.72. The summed E-state index contributed by atoms with van der Waals surface area (Å²) in [6.45, 7) is 10.3. The average Bonchev–Trinajstić information content (AvgIpc) is 2.97. The minimum absolute atomic E-state index is 0. The van der Waals surface area contributed by atoms with E-state index in [-0.39, 0.29) is 24.4 Å². The zero-order chi connectivity index (χ0) is 17.8. The predicted octanol–water partition coefficient (Wildman–Crippen LogP) is 3.85. The van der Waals surface area contributed by atoms with E-state index >= 15 is 0 Å². The quantitative estimate of drug-likeness (QED) is 0.843. The number of hydrogen-bond donors (Lipinski definition) is 1. The van der Waals surface area contributed by atoms with Crippen molar-refractivity contribution >= 4 is 18.3 Å². The molecule has 0 radical (unpaired) electrons. The van der Waals surface area contributed by atoms with E-state index < -0.39 is 0 Å². The van der Waals surface area contributed by atoms with E-state index in [2.05, 4.69) is 25.2 Å². The first-order valence-electron chi connectivity index (χ1n) is 9.85. The topological polar surface area (TPSA) is 41.6 Å². The number of nitrogens with zero attached hydrogens (tertiary/aromatic N) is 1. The number of ether oxygens (including phenoxy) is 1. The molecule has 0 aromatic heterocycles. The zero-order valence-electron chi connectivity index (χ0n) is 16.2. The number of likely N-dealkylation sites (tertiary alicyclic amines) is 1. The smallest absolute Gasteiger partial charge is 0.263 e. The van der Waals surface area contributed by atoms with Crippen LogP contribution in [0.15, 0.2) is 24.3 Å². The third-order valence-corrected chi connectivity index (χ3v) is 5.79. The molecule has 1 N–H and O–H groups in total. The second kappa shape index (κ2) is 9.61. The number of rotatable bonds is 5. The van der Waals surface area contributed by atoms with Gasteiger partial charge >= 0.3 is 0 Å². The second-order valence-electron chi connectivity index (χ2n) is 7.79. The summed E-state index contributed by atoms with van der Waals surface area (Å²) in [5, 5.41) is 3.49. The molecule has 1 unspecified atom stereocenters. The molecule has 3 rings (SSSR count). The molecule has 0 spiro atoms. The van der Waals surface area contributed by atoms with Gasteiger partial charge in [-0.2, -0.15) is 0 Å². The number of hydrogen-bond acceptors (Lipinski definition) is 3. The Kier molecular flexibility index (Phi) is 7.78. The summed E-state index contributed by atoms with van der Waals surface area (Å²) in [7, 11) is 0. The Balaban J connectivity index is 0.00000243. The first kappa shape index (κ1) is 21.0. The van der Waals surface area contributed by atoms with Crippen molar-refractivity contribution < 1.29 is 9.53 Å². The minimum atomic E-state index is -0.379. The highest BCUT2D eigenvalue weighted by atomic mass is 35.5. The van der Waals surface area contributed by atoms with E-state index in [0.29, 0.717) is 12.3 Å². The van der Waals surface area contributed by atoms with Crippen molar-refractivity contribution in [2.24, 2.45) is 11.8 Å². The number of nitrogens with one attached hydrogen (secondary N) is 1. The average molecular weight is 381 g/mol. The standard InChI is InChI=1S/C21H32N2O2.ClH/c1-4-19(25-20-8-6-5-7-18(20)15(2)3)21(24)23-11-9-16-13-22-14-17(16)10-12-23;/h5-8,15-17,19,22H,4,9-14H2,1-3H3;1H/t16-,17+,19?;. The van der Waals surface area contributed by atoms with Crippen LogP contribution in [0.4, 0.5) is 0 Å². The molecule has 1 aromatic rings. The Hall–Kier alpha value is -1.26. The fraction of sp³-hybridized carbons (Fsp3) is 0.667. The van der Waals surface area contributed by atoms with E-state index in [1.54, 1.807) is 0 Å². The van der Waals surface area contributed by atoms with Gasteiger partial charge in [-0.25, -0.2) is 0 Å². The van der Waals surface area contributed by atoms with Gasteiger partial charge in [-0.05, 0) is 61.7 Å². The summed E-state index contributed by atoms with van der Waals surface area (Å²) in [4.78, 5) is 15.1. The van der Waals surface area contributed by atoms with Crippen LogP contribution in [0, 0.1) is 11.8 Å². The van der Waals surface area contributed by atoms with Gasteiger partial charge in [0.05, 0.1) is 0 Å². The molecule has 26 heavy (non-hydrogen) atoms. The van der Waals surface area contributed by atoms with Crippen LogP contribution in [0.3, 0.4) is 0 Å². The van der Waals surface area contributed by atoms with Crippen molar-refractivity contribution in [3.05, 3.63) is 29.8 Å². The van der Waals surface area contributed by atoms with Gasteiger partial charge in [0.1, 0.15) is 5.75 Å². The van der Waals surface area contributed by atoms with Crippen molar-refractivity contribution in [3.63, 3.8) is 0 Å². The first-order valence-corrected chi connectivity index (χ1v) is 9.85. The maximum absolute atomic E-state index is 13.1. The highest BCUT2D eigenvalue weighted by molar-refractivity contribution is 5.85. The van der Waals surface area contributed by atoms with E-state index in [1.165, 1.54) is 5.56 Å². The predicted molar refractivity (Wildman–Crippen MR) is 108 cm³/mol. The Labute approximate surface area is 164 Å². The summed E-state index contributed by atoms with van der Waals surface area (Å²) < 4.78 is 6.20. The zero-order valence-corrected chi connectivity index (χ0v) is 17.1. The van der Waals surface area contributed by atoms with E-state index in [9.17, 15) is 4.79 Å². The lowest BCUT2D eigenvalue weighted by molar-refractivity contribution is -0.138. The number of halogens is 1. The number of para-hydroxylation sites is 1. The number of carbonyl (C=O) groups is 1. The molecule has 3 atom stereocenters. The number of benzene rings is 1. The van der Waals surface area contributed by atoms with Crippen molar-refractivity contribution in [2.45, 2.75) is 52.1 Å². The molecule has 2 aliphatic rings. The van der Waals surface area contributed by atoms with Crippen LogP contribution in [0.1, 0.15) is 51.5 Å². The fourth-order valence-electron chi connectivity index (χ4n) is 4.17. The maximum Gasteiger partial charge on any atom is 0.263 e. The van der Waals surface area contributed by atoms with Gasteiger partial charge in [-0.3, -0.25) is 4.79 Å². The minimum Gasteiger partial charge on any atom is -0.480 e. The second-order valence-corrected chi connectivity index (χ2v) is 7.79. The Morgan fingerprint density at radius 3 is 2.38 bits per heavy atom. The lowest BCUT2D eigenvalue weighted by atomic mass is 9.92. The molecule has 0 aliphatic carbocycles. The summed E-state index contributed by atoms with van der Waals surface area (Å²) in [6, 6.07) is 8.10. The van der Waals surface area contributed by atoms with Crippen LogP contribution >= 0.6 is 12.4 Å². The van der Waals surface area contributed by atoms with Crippen LogP contribution < -0.4 is 10.1 Å². The lowest BCUT2D eigenvalue weighted by Gasteiger charge is -2.27. The molecule has 2 fully saturated rings. The Morgan fingerprint density at radius 1 is 1.19 bits per heavy atom. The summed E-state index contributed by atoms with van der Waals surface area (Å²) in [6.07, 6.45) is 2.55. The van der Waals surface area contributed by atoms with Gasteiger partial charge in [0, 0.05) is 13.1 Å². The van der Waals surface area contributed by atoms with Crippen LogP contribution in [-0.4, -0.2) is 43.1 Å². The van der Waals surface area contributed by atoms with Crippen molar-refractivity contribution in [3.8, 4) is 5.75 Å². The largest absolute Gasteiger partial charge is 0.480 e. The van der Waals surface area contributed by atoms with Crippen molar-refractivity contribution in [1.29, 1.82) is 0 Å². The highest BCUT2D eigenvalue weighted by Gasteiger charge is 2.33. The normalized spacial score (nSPS) is 23.8. The molecule has 146 valence electrons. The van der Waals surface area contributed by atoms with Crippen LogP contribution in [0.25, 0.3) is 0 Å². The maximum atomic E-state index is 13.1. The fourth-order valence-corrected chi connectivity index (χ4v) is 4.17.